The van der Waals surface area contributed by atoms with Gasteiger partial charge in [-0.25, -0.2) is 13.4 Å². The van der Waals surface area contributed by atoms with Crippen LogP contribution in [0.25, 0.3) is 11.0 Å². The number of piperidine rings is 1. The molecule has 1 aromatic heterocycles. The molecular formula is C22H35N5O3S. The number of benzene rings is 1. The van der Waals surface area contributed by atoms with E-state index in [1.54, 1.807) is 16.4 Å². The van der Waals surface area contributed by atoms with Crippen LogP contribution in [0.15, 0.2) is 23.1 Å². The maximum Gasteiger partial charge on any atom is 0.243 e. The van der Waals surface area contributed by atoms with Gasteiger partial charge in [-0.1, -0.05) is 20.3 Å². The SMILES string of the molecule is CCn1c(CNC(C)(CC(C)C)C(N)=O)nc2cc(S(=O)(=O)N3CCCCC3)ccc21. The highest BCUT2D eigenvalue weighted by Crippen LogP contribution is 2.25. The number of carbonyl (C=O) groups is 1. The summed E-state index contributed by atoms with van der Waals surface area (Å²) in [5.41, 5.74) is 6.34. The maximum atomic E-state index is 13.1. The summed E-state index contributed by atoms with van der Waals surface area (Å²) in [5, 5.41) is 3.29. The molecule has 2 aromatic rings. The highest BCUT2D eigenvalue weighted by atomic mass is 32.2. The van der Waals surface area contributed by atoms with Crippen molar-refractivity contribution in [1.29, 1.82) is 0 Å². The molecule has 9 heteroatoms. The number of primary amides is 1. The van der Waals surface area contributed by atoms with Gasteiger partial charge >= 0.3 is 0 Å². The van der Waals surface area contributed by atoms with Crippen LogP contribution in [0, 0.1) is 5.92 Å². The molecule has 1 aromatic carbocycles. The van der Waals surface area contributed by atoms with Gasteiger partial charge in [-0.2, -0.15) is 4.31 Å². The third-order valence-electron chi connectivity index (χ3n) is 6.06. The number of aryl methyl sites for hydroxylation is 1. The predicted octanol–water partition coefficient (Wildman–Crippen LogP) is 2.61. The van der Waals surface area contributed by atoms with Crippen LogP contribution >= 0.6 is 0 Å². The zero-order valence-electron chi connectivity index (χ0n) is 19.0. The van der Waals surface area contributed by atoms with Crippen molar-refractivity contribution in [3.05, 3.63) is 24.0 Å². The van der Waals surface area contributed by atoms with E-state index in [4.69, 9.17) is 10.7 Å². The number of imidazole rings is 1. The van der Waals surface area contributed by atoms with Crippen LogP contribution in [0.3, 0.4) is 0 Å². The van der Waals surface area contributed by atoms with E-state index >= 15 is 0 Å². The van der Waals surface area contributed by atoms with Gasteiger partial charge in [-0.3, -0.25) is 10.1 Å². The van der Waals surface area contributed by atoms with Crippen molar-refractivity contribution in [2.75, 3.05) is 13.1 Å². The Labute approximate surface area is 185 Å². The van der Waals surface area contributed by atoms with Crippen molar-refractivity contribution in [1.82, 2.24) is 19.2 Å². The van der Waals surface area contributed by atoms with Crippen molar-refractivity contribution in [2.45, 2.75) is 76.9 Å². The van der Waals surface area contributed by atoms with Crippen molar-refractivity contribution >= 4 is 27.0 Å². The number of nitrogens with zero attached hydrogens (tertiary/aromatic N) is 3. The normalized spacial score (nSPS) is 17.8. The van der Waals surface area contributed by atoms with Crippen LogP contribution in [0.5, 0.6) is 0 Å². The van der Waals surface area contributed by atoms with Gasteiger partial charge < -0.3 is 10.3 Å². The first-order valence-electron chi connectivity index (χ1n) is 11.1. The molecule has 0 aliphatic carbocycles. The molecule has 1 atom stereocenters. The summed E-state index contributed by atoms with van der Waals surface area (Å²) >= 11 is 0. The van der Waals surface area contributed by atoms with E-state index in [2.05, 4.69) is 19.2 Å². The molecule has 0 saturated carbocycles. The first-order valence-corrected chi connectivity index (χ1v) is 12.6. The zero-order valence-corrected chi connectivity index (χ0v) is 19.8. The summed E-state index contributed by atoms with van der Waals surface area (Å²) in [7, 11) is -3.52. The van der Waals surface area contributed by atoms with E-state index in [-0.39, 0.29) is 4.90 Å². The third-order valence-corrected chi connectivity index (χ3v) is 7.96. The second-order valence-electron chi connectivity index (χ2n) is 9.04. The molecule has 1 unspecified atom stereocenters. The minimum absolute atomic E-state index is 0.281. The summed E-state index contributed by atoms with van der Waals surface area (Å²) in [6.45, 7) is 10.1. The average Bonchev–Trinajstić information content (AvgIpc) is 3.09. The molecule has 31 heavy (non-hydrogen) atoms. The van der Waals surface area contributed by atoms with Crippen molar-refractivity contribution in [3.63, 3.8) is 0 Å². The van der Waals surface area contributed by atoms with E-state index < -0.39 is 21.5 Å². The lowest BCUT2D eigenvalue weighted by Gasteiger charge is -2.29. The second kappa shape index (κ2) is 9.26. The van der Waals surface area contributed by atoms with E-state index in [0.29, 0.717) is 44.0 Å². The fourth-order valence-corrected chi connectivity index (χ4v) is 5.95. The number of sulfonamides is 1. The van der Waals surface area contributed by atoms with Crippen molar-refractivity contribution < 1.29 is 13.2 Å². The summed E-state index contributed by atoms with van der Waals surface area (Å²) in [6.07, 6.45) is 3.49. The Bertz CT molecular complexity index is 1040. The van der Waals surface area contributed by atoms with Crippen LogP contribution in [0.4, 0.5) is 0 Å². The molecule has 3 rings (SSSR count). The van der Waals surface area contributed by atoms with E-state index in [1.807, 2.05) is 24.5 Å². The average molecular weight is 450 g/mol. The third kappa shape index (κ3) is 4.94. The largest absolute Gasteiger partial charge is 0.368 e. The lowest BCUT2D eigenvalue weighted by molar-refractivity contribution is -0.124. The second-order valence-corrected chi connectivity index (χ2v) is 11.0. The fraction of sp³-hybridized carbons (Fsp3) is 0.636. The van der Waals surface area contributed by atoms with Gasteiger partial charge in [0.1, 0.15) is 5.82 Å². The minimum Gasteiger partial charge on any atom is -0.368 e. The number of fused-ring (bicyclic) bond motifs is 1. The summed E-state index contributed by atoms with van der Waals surface area (Å²) in [5.74, 6) is 0.661. The summed E-state index contributed by atoms with van der Waals surface area (Å²) in [6, 6.07) is 5.16. The standard InChI is InChI=1S/C22H35N5O3S/c1-5-27-19-10-9-17(31(29,30)26-11-7-6-8-12-26)13-18(19)25-20(27)15-24-22(4,21(23)28)14-16(2)3/h9-10,13,16,24H,5-8,11-12,14-15H2,1-4H3,(H2,23,28). The molecule has 1 fully saturated rings. The Hall–Kier alpha value is -1.97. The lowest BCUT2D eigenvalue weighted by Crippen LogP contribution is -2.53. The number of hydrogen-bond donors (Lipinski definition) is 2. The van der Waals surface area contributed by atoms with Crippen LogP contribution in [0.1, 0.15) is 59.2 Å². The van der Waals surface area contributed by atoms with Crippen LogP contribution in [0.2, 0.25) is 0 Å². The number of rotatable bonds is 9. The zero-order chi connectivity index (χ0) is 22.8. The summed E-state index contributed by atoms with van der Waals surface area (Å²) < 4.78 is 29.7. The van der Waals surface area contributed by atoms with Gasteiger partial charge in [-0.05, 0) is 57.2 Å². The highest BCUT2D eigenvalue weighted by molar-refractivity contribution is 7.89. The number of hydrogen-bond acceptors (Lipinski definition) is 5. The number of aromatic nitrogens is 2. The van der Waals surface area contributed by atoms with Gasteiger partial charge in [0.2, 0.25) is 15.9 Å². The van der Waals surface area contributed by atoms with E-state index in [9.17, 15) is 13.2 Å². The van der Waals surface area contributed by atoms with Crippen molar-refractivity contribution in [2.24, 2.45) is 11.7 Å². The molecule has 1 amide bonds. The molecule has 8 nitrogen and oxygen atoms in total. The molecule has 1 saturated heterocycles. The van der Waals surface area contributed by atoms with Gasteiger partial charge in [0.25, 0.3) is 0 Å². The van der Waals surface area contributed by atoms with Gasteiger partial charge in [0.05, 0.1) is 28.0 Å². The minimum atomic E-state index is -3.52. The quantitative estimate of drug-likeness (QED) is 0.611. The molecule has 1 aliphatic rings. The number of carbonyl (C=O) groups excluding carboxylic acids is 1. The Morgan fingerprint density at radius 2 is 1.94 bits per heavy atom. The topological polar surface area (TPSA) is 110 Å². The first-order chi connectivity index (χ1) is 14.6. The number of nitrogens with two attached hydrogens (primary N) is 1. The number of nitrogens with one attached hydrogen (secondary N) is 1. The van der Waals surface area contributed by atoms with Gasteiger partial charge in [0.15, 0.2) is 0 Å². The predicted molar refractivity (Wildman–Crippen MR) is 122 cm³/mol. The first kappa shape index (κ1) is 23.7. The van der Waals surface area contributed by atoms with E-state index in [0.717, 1.165) is 30.6 Å². The Morgan fingerprint density at radius 3 is 2.52 bits per heavy atom. The molecular weight excluding hydrogens is 414 g/mol. The molecule has 0 spiro atoms. The molecule has 0 bridgehead atoms. The van der Waals surface area contributed by atoms with Crippen molar-refractivity contribution in [3.8, 4) is 0 Å². The Kier molecular flexibility index (Phi) is 7.08. The maximum absolute atomic E-state index is 13.1. The monoisotopic (exact) mass is 449 g/mol. The van der Waals surface area contributed by atoms with Crippen LogP contribution in [-0.4, -0.2) is 46.8 Å². The van der Waals surface area contributed by atoms with Crippen LogP contribution < -0.4 is 11.1 Å². The fourth-order valence-electron chi connectivity index (χ4n) is 4.41. The molecule has 0 radical (unpaired) electrons. The van der Waals surface area contributed by atoms with E-state index in [1.165, 1.54) is 0 Å². The molecule has 1 aliphatic heterocycles. The van der Waals surface area contributed by atoms with Gasteiger partial charge in [-0.15, -0.1) is 0 Å². The van der Waals surface area contributed by atoms with Crippen LogP contribution in [-0.2, 0) is 27.9 Å². The molecule has 2 heterocycles. The summed E-state index contributed by atoms with van der Waals surface area (Å²) in [4.78, 5) is 17.1. The molecule has 172 valence electrons. The lowest BCUT2D eigenvalue weighted by atomic mass is 9.90. The smallest absolute Gasteiger partial charge is 0.243 e. The molecule has 3 N–H and O–H groups in total. The number of amides is 1. The Morgan fingerprint density at radius 1 is 1.26 bits per heavy atom. The highest BCUT2D eigenvalue weighted by Gasteiger charge is 2.32. The Balaban J connectivity index is 1.91. The van der Waals surface area contributed by atoms with Gasteiger partial charge in [0, 0.05) is 19.6 Å².